The third-order valence-electron chi connectivity index (χ3n) is 3.70. The maximum absolute atomic E-state index is 11.4. The number of nitrogens with one attached hydrogen (secondary N) is 2. The summed E-state index contributed by atoms with van der Waals surface area (Å²) in [6.07, 6.45) is 0. The second-order valence-electron chi connectivity index (χ2n) is 5.53. The van der Waals surface area contributed by atoms with E-state index >= 15 is 0 Å². The van der Waals surface area contributed by atoms with E-state index in [2.05, 4.69) is 15.8 Å². The molecule has 1 heterocycles. The Morgan fingerprint density at radius 2 is 1.72 bits per heavy atom. The van der Waals surface area contributed by atoms with Crippen LogP contribution in [0.1, 0.15) is 12.5 Å². The molecular formula is C19H19N3O3. The second kappa shape index (κ2) is 7.53. The molecule has 0 spiro atoms. The fraction of sp³-hybridized carbons (Fsp3) is 0.158. The summed E-state index contributed by atoms with van der Waals surface area (Å²) in [5, 5.41) is 18.9. The minimum absolute atomic E-state index is 0.179. The normalized spacial score (nSPS) is 10.4. The largest absolute Gasteiger partial charge is 0.508 e. The van der Waals surface area contributed by atoms with E-state index in [4.69, 9.17) is 4.52 Å². The summed E-state index contributed by atoms with van der Waals surface area (Å²) in [5.74, 6) is 0.845. The van der Waals surface area contributed by atoms with Crippen LogP contribution in [0.3, 0.4) is 0 Å². The van der Waals surface area contributed by atoms with E-state index in [9.17, 15) is 9.90 Å². The molecule has 3 rings (SSSR count). The molecule has 128 valence electrons. The summed E-state index contributed by atoms with van der Waals surface area (Å²) in [5.41, 5.74) is 3.50. The Morgan fingerprint density at radius 1 is 1.04 bits per heavy atom. The second-order valence-corrected chi connectivity index (χ2v) is 5.53. The predicted octanol–water partition coefficient (Wildman–Crippen LogP) is 3.53. The van der Waals surface area contributed by atoms with Gasteiger partial charge in [-0.25, -0.2) is 4.79 Å². The van der Waals surface area contributed by atoms with Gasteiger partial charge in [0.2, 0.25) is 0 Å². The SMILES string of the molecule is CCNC(=O)NCc1ccc(-c2cc(-c3ccc(O)cc3)on2)cc1. The van der Waals surface area contributed by atoms with Crippen molar-refractivity contribution in [3.8, 4) is 28.3 Å². The van der Waals surface area contributed by atoms with Gasteiger partial charge in [0.15, 0.2) is 5.76 Å². The zero-order chi connectivity index (χ0) is 17.6. The van der Waals surface area contributed by atoms with E-state index in [1.165, 1.54) is 0 Å². The Hall–Kier alpha value is -3.28. The lowest BCUT2D eigenvalue weighted by molar-refractivity contribution is 0.241. The van der Waals surface area contributed by atoms with E-state index < -0.39 is 0 Å². The van der Waals surface area contributed by atoms with Gasteiger partial charge in [0.25, 0.3) is 0 Å². The molecule has 3 N–H and O–H groups in total. The number of carbonyl (C=O) groups is 1. The molecular weight excluding hydrogens is 318 g/mol. The zero-order valence-electron chi connectivity index (χ0n) is 13.8. The van der Waals surface area contributed by atoms with E-state index in [-0.39, 0.29) is 11.8 Å². The molecule has 0 saturated carbocycles. The van der Waals surface area contributed by atoms with Crippen molar-refractivity contribution in [3.63, 3.8) is 0 Å². The number of hydrogen-bond acceptors (Lipinski definition) is 4. The average molecular weight is 337 g/mol. The highest BCUT2D eigenvalue weighted by Crippen LogP contribution is 2.27. The molecule has 0 radical (unpaired) electrons. The maximum Gasteiger partial charge on any atom is 0.315 e. The number of amides is 2. The number of aromatic nitrogens is 1. The van der Waals surface area contributed by atoms with E-state index in [0.29, 0.717) is 18.8 Å². The first kappa shape index (κ1) is 16.6. The molecule has 1 aromatic heterocycles. The number of nitrogens with zero attached hydrogens (tertiary/aromatic N) is 1. The Bertz CT molecular complexity index is 839. The number of phenolic OH excluding ortho intramolecular Hbond substituents is 1. The van der Waals surface area contributed by atoms with Crippen molar-refractivity contribution >= 4 is 6.03 Å². The van der Waals surface area contributed by atoms with Crippen LogP contribution in [0.15, 0.2) is 59.1 Å². The van der Waals surface area contributed by atoms with Crippen molar-refractivity contribution in [3.05, 3.63) is 60.2 Å². The van der Waals surface area contributed by atoms with Gasteiger partial charge in [-0.1, -0.05) is 29.4 Å². The summed E-state index contributed by atoms with van der Waals surface area (Å²) >= 11 is 0. The summed E-state index contributed by atoms with van der Waals surface area (Å²) in [7, 11) is 0. The zero-order valence-corrected chi connectivity index (χ0v) is 13.8. The average Bonchev–Trinajstić information content (AvgIpc) is 3.11. The summed E-state index contributed by atoms with van der Waals surface area (Å²) in [6, 6.07) is 16.2. The van der Waals surface area contributed by atoms with E-state index in [1.54, 1.807) is 24.3 Å². The van der Waals surface area contributed by atoms with Gasteiger partial charge in [0, 0.05) is 30.3 Å². The topological polar surface area (TPSA) is 87.4 Å². The third kappa shape index (κ3) is 4.17. The van der Waals surface area contributed by atoms with Gasteiger partial charge < -0.3 is 20.3 Å². The highest BCUT2D eigenvalue weighted by molar-refractivity contribution is 5.73. The van der Waals surface area contributed by atoms with Gasteiger partial charge >= 0.3 is 6.03 Å². The van der Waals surface area contributed by atoms with Gasteiger partial charge in [0.05, 0.1) is 0 Å². The smallest absolute Gasteiger partial charge is 0.315 e. The van der Waals surface area contributed by atoms with Crippen LogP contribution in [0.5, 0.6) is 5.75 Å². The number of hydrogen-bond donors (Lipinski definition) is 3. The molecule has 0 fully saturated rings. The molecule has 0 saturated heterocycles. The molecule has 0 bridgehead atoms. The lowest BCUT2D eigenvalue weighted by Gasteiger charge is -2.06. The lowest BCUT2D eigenvalue weighted by atomic mass is 10.1. The van der Waals surface area contributed by atoms with Gasteiger partial charge in [-0.15, -0.1) is 0 Å². The summed E-state index contributed by atoms with van der Waals surface area (Å²) in [6.45, 7) is 2.93. The van der Waals surface area contributed by atoms with Crippen LogP contribution >= 0.6 is 0 Å². The number of phenols is 1. The summed E-state index contributed by atoms with van der Waals surface area (Å²) < 4.78 is 5.38. The van der Waals surface area contributed by atoms with Crippen LogP contribution in [0.2, 0.25) is 0 Å². The van der Waals surface area contributed by atoms with Gasteiger partial charge in [0.1, 0.15) is 11.4 Å². The molecule has 0 atom stereocenters. The highest BCUT2D eigenvalue weighted by atomic mass is 16.5. The first-order valence-electron chi connectivity index (χ1n) is 8.03. The highest BCUT2D eigenvalue weighted by Gasteiger charge is 2.09. The standard InChI is InChI=1S/C19H19N3O3/c1-2-20-19(24)21-12-13-3-5-14(6-4-13)17-11-18(25-22-17)15-7-9-16(23)10-8-15/h3-11,23H,2,12H2,1H3,(H2,20,21,24). The van der Waals surface area contributed by atoms with Crippen LogP contribution < -0.4 is 10.6 Å². The number of aromatic hydroxyl groups is 1. The van der Waals surface area contributed by atoms with E-state index in [1.807, 2.05) is 37.3 Å². The lowest BCUT2D eigenvalue weighted by Crippen LogP contribution is -2.34. The van der Waals surface area contributed by atoms with Crippen LogP contribution in [-0.2, 0) is 6.54 Å². The molecule has 3 aromatic rings. The molecule has 6 nitrogen and oxygen atoms in total. The van der Waals surface area contributed by atoms with Gasteiger partial charge in [-0.2, -0.15) is 0 Å². The van der Waals surface area contributed by atoms with Crippen molar-refractivity contribution in [2.75, 3.05) is 6.54 Å². The van der Waals surface area contributed by atoms with Gasteiger partial charge in [-0.3, -0.25) is 0 Å². The van der Waals surface area contributed by atoms with Crippen molar-refractivity contribution in [2.24, 2.45) is 0 Å². The molecule has 2 aromatic carbocycles. The minimum Gasteiger partial charge on any atom is -0.508 e. The van der Waals surface area contributed by atoms with Gasteiger partial charge in [-0.05, 0) is 36.8 Å². The van der Waals surface area contributed by atoms with E-state index in [0.717, 1.165) is 22.4 Å². The Labute approximate surface area is 145 Å². The van der Waals surface area contributed by atoms with Crippen molar-refractivity contribution in [1.82, 2.24) is 15.8 Å². The monoisotopic (exact) mass is 337 g/mol. The molecule has 0 unspecified atom stereocenters. The predicted molar refractivity (Wildman–Crippen MR) is 95.0 cm³/mol. The molecule has 6 heteroatoms. The Kier molecular flexibility index (Phi) is 4.99. The molecule has 0 aliphatic heterocycles. The number of urea groups is 1. The third-order valence-corrected chi connectivity index (χ3v) is 3.70. The Morgan fingerprint density at radius 3 is 2.40 bits per heavy atom. The summed E-state index contributed by atoms with van der Waals surface area (Å²) in [4.78, 5) is 11.4. The fourth-order valence-corrected chi connectivity index (χ4v) is 2.37. The first-order chi connectivity index (χ1) is 12.2. The van der Waals surface area contributed by atoms with Crippen LogP contribution in [-0.4, -0.2) is 22.8 Å². The molecule has 0 aliphatic carbocycles. The number of carbonyl (C=O) groups excluding carboxylic acids is 1. The molecule has 0 aliphatic rings. The minimum atomic E-state index is -0.179. The van der Waals surface area contributed by atoms with Crippen LogP contribution in [0, 0.1) is 0 Å². The Balaban J connectivity index is 1.68. The number of rotatable bonds is 5. The van der Waals surface area contributed by atoms with Crippen LogP contribution in [0.4, 0.5) is 4.79 Å². The first-order valence-corrected chi connectivity index (χ1v) is 8.03. The quantitative estimate of drug-likeness (QED) is 0.664. The number of benzene rings is 2. The molecule has 2 amide bonds. The van der Waals surface area contributed by atoms with Crippen molar-refractivity contribution in [2.45, 2.75) is 13.5 Å². The van der Waals surface area contributed by atoms with Crippen LogP contribution in [0.25, 0.3) is 22.6 Å². The van der Waals surface area contributed by atoms with Crippen molar-refractivity contribution in [1.29, 1.82) is 0 Å². The molecule has 25 heavy (non-hydrogen) atoms. The van der Waals surface area contributed by atoms with Crippen molar-refractivity contribution < 1.29 is 14.4 Å². The fourth-order valence-electron chi connectivity index (χ4n) is 2.37. The maximum atomic E-state index is 11.4.